The number of primary amides is 1. The molecule has 5 nitrogen and oxygen atoms in total. The van der Waals surface area contributed by atoms with Gasteiger partial charge in [-0.1, -0.05) is 0 Å². The van der Waals surface area contributed by atoms with Crippen LogP contribution in [-0.2, 0) is 14.4 Å². The number of imide groups is 1. The summed E-state index contributed by atoms with van der Waals surface area (Å²) < 4.78 is 0. The first-order valence-electron chi connectivity index (χ1n) is 3.11. The highest BCUT2D eigenvalue weighted by molar-refractivity contribution is 6.01. The molecule has 1 saturated heterocycles. The van der Waals surface area contributed by atoms with E-state index in [0.29, 0.717) is 12.8 Å². The zero-order chi connectivity index (χ0) is 8.85. The van der Waals surface area contributed by atoms with Gasteiger partial charge < -0.3 is 5.73 Å². The number of hydrogen-bond acceptors (Lipinski definition) is 3. The van der Waals surface area contributed by atoms with Crippen molar-refractivity contribution in [1.29, 1.82) is 0 Å². The summed E-state index contributed by atoms with van der Waals surface area (Å²) in [6.07, 6.45) is 0.748. The lowest BCUT2D eigenvalue weighted by molar-refractivity contribution is -0.124. The van der Waals surface area contributed by atoms with Gasteiger partial charge in [-0.3, -0.25) is 19.7 Å². The molecule has 0 spiro atoms. The van der Waals surface area contributed by atoms with E-state index >= 15 is 0 Å². The van der Waals surface area contributed by atoms with Gasteiger partial charge in [-0.2, -0.15) is 0 Å². The van der Waals surface area contributed by atoms with Gasteiger partial charge >= 0.3 is 0 Å². The molecular formula is C6H10N2O3. The van der Waals surface area contributed by atoms with Crippen LogP contribution in [0.4, 0.5) is 0 Å². The van der Waals surface area contributed by atoms with Crippen LogP contribution in [0.25, 0.3) is 0 Å². The topological polar surface area (TPSA) is 89.3 Å². The Morgan fingerprint density at radius 2 is 1.64 bits per heavy atom. The third-order valence-corrected chi connectivity index (χ3v) is 0.858. The van der Waals surface area contributed by atoms with Crippen molar-refractivity contribution >= 4 is 17.7 Å². The van der Waals surface area contributed by atoms with E-state index in [9.17, 15) is 14.4 Å². The number of nitrogens with one attached hydrogen (secondary N) is 1. The predicted molar refractivity (Wildman–Crippen MR) is 37.3 cm³/mol. The molecule has 0 aromatic heterocycles. The Labute approximate surface area is 63.9 Å². The maximum Gasteiger partial charge on any atom is 0.227 e. The van der Waals surface area contributed by atoms with Crippen LogP contribution in [0.5, 0.6) is 0 Å². The van der Waals surface area contributed by atoms with Crippen molar-refractivity contribution in [3.05, 3.63) is 0 Å². The Kier molecular flexibility index (Phi) is 3.87. The molecule has 0 aromatic rings. The summed E-state index contributed by atoms with van der Waals surface area (Å²) in [4.78, 5) is 29.5. The molecule has 1 heterocycles. The average Bonchev–Trinajstić information content (AvgIpc) is 2.13. The van der Waals surface area contributed by atoms with Crippen LogP contribution in [0, 0.1) is 0 Å². The standard InChI is InChI=1S/C4H5NO2.C2H5NO/c6-3-1-2-4(7)5-3;1-2(3)4/h1-2H2,(H,5,6,7);1H3,(H2,3,4). The minimum Gasteiger partial charge on any atom is -0.370 e. The molecule has 0 radical (unpaired) electrons. The van der Waals surface area contributed by atoms with E-state index in [-0.39, 0.29) is 17.7 Å². The van der Waals surface area contributed by atoms with E-state index < -0.39 is 0 Å². The van der Waals surface area contributed by atoms with Crippen LogP contribution in [-0.4, -0.2) is 17.7 Å². The van der Waals surface area contributed by atoms with Crippen molar-refractivity contribution in [2.75, 3.05) is 0 Å². The molecule has 0 aromatic carbocycles. The van der Waals surface area contributed by atoms with Gasteiger partial charge in [0.05, 0.1) is 0 Å². The first kappa shape index (κ1) is 9.61. The molecule has 11 heavy (non-hydrogen) atoms. The second kappa shape index (κ2) is 4.43. The Morgan fingerprint density at radius 3 is 1.73 bits per heavy atom. The van der Waals surface area contributed by atoms with Crippen LogP contribution in [0.2, 0.25) is 0 Å². The monoisotopic (exact) mass is 158 g/mol. The van der Waals surface area contributed by atoms with Crippen LogP contribution in [0.15, 0.2) is 0 Å². The highest BCUT2D eigenvalue weighted by Crippen LogP contribution is 1.95. The molecular weight excluding hydrogens is 148 g/mol. The minimum absolute atomic E-state index is 0.148. The summed E-state index contributed by atoms with van der Waals surface area (Å²) >= 11 is 0. The average molecular weight is 158 g/mol. The number of amides is 3. The molecule has 0 unspecified atom stereocenters. The number of nitrogens with two attached hydrogens (primary N) is 1. The lowest BCUT2D eigenvalue weighted by Gasteiger charge is -1.79. The minimum atomic E-state index is -0.333. The van der Waals surface area contributed by atoms with E-state index in [2.05, 4.69) is 11.1 Å². The first-order valence-corrected chi connectivity index (χ1v) is 3.11. The van der Waals surface area contributed by atoms with E-state index in [1.807, 2.05) is 0 Å². The lowest BCUT2D eigenvalue weighted by atomic mass is 10.4. The van der Waals surface area contributed by atoms with Gasteiger partial charge in [0.15, 0.2) is 0 Å². The molecule has 1 aliphatic heterocycles. The highest BCUT2D eigenvalue weighted by Gasteiger charge is 2.15. The van der Waals surface area contributed by atoms with Crippen LogP contribution >= 0.6 is 0 Å². The van der Waals surface area contributed by atoms with E-state index in [1.54, 1.807) is 0 Å². The SMILES string of the molecule is CC(N)=O.O=C1CCC(=O)N1. The fraction of sp³-hybridized carbons (Fsp3) is 0.500. The normalized spacial score (nSPS) is 15.0. The Balaban J connectivity index is 0.000000218. The van der Waals surface area contributed by atoms with Gasteiger partial charge in [-0.25, -0.2) is 0 Å². The summed E-state index contributed by atoms with van der Waals surface area (Å²) in [7, 11) is 0. The van der Waals surface area contributed by atoms with Crippen molar-refractivity contribution in [1.82, 2.24) is 5.32 Å². The highest BCUT2D eigenvalue weighted by atomic mass is 16.2. The predicted octanol–water partition coefficient (Wildman–Crippen LogP) is -1.09. The maximum atomic E-state index is 10.1. The van der Waals surface area contributed by atoms with Crippen LogP contribution in [0.3, 0.4) is 0 Å². The third kappa shape index (κ3) is 6.50. The van der Waals surface area contributed by atoms with E-state index in [0.717, 1.165) is 0 Å². The van der Waals surface area contributed by atoms with Gasteiger partial charge in [-0.15, -0.1) is 0 Å². The molecule has 62 valence electrons. The zero-order valence-electron chi connectivity index (χ0n) is 6.22. The summed E-state index contributed by atoms with van der Waals surface area (Å²) in [6.45, 7) is 1.31. The molecule has 1 rings (SSSR count). The molecule has 0 aliphatic carbocycles. The van der Waals surface area contributed by atoms with Gasteiger partial charge in [0.25, 0.3) is 0 Å². The molecule has 3 N–H and O–H groups in total. The molecule has 5 heteroatoms. The molecule has 1 fully saturated rings. The quantitative estimate of drug-likeness (QED) is 0.439. The lowest BCUT2D eigenvalue weighted by Crippen LogP contribution is -2.18. The Bertz CT molecular complexity index is 170. The summed E-state index contributed by atoms with van der Waals surface area (Å²) in [6, 6.07) is 0. The van der Waals surface area contributed by atoms with Crippen LogP contribution in [0.1, 0.15) is 19.8 Å². The Hall–Kier alpha value is -1.39. The smallest absolute Gasteiger partial charge is 0.227 e. The van der Waals surface area contributed by atoms with Crippen molar-refractivity contribution in [2.24, 2.45) is 5.73 Å². The third-order valence-electron chi connectivity index (χ3n) is 0.858. The summed E-state index contributed by atoms with van der Waals surface area (Å²) in [5, 5.41) is 2.14. The second-order valence-electron chi connectivity index (χ2n) is 2.08. The first-order chi connectivity index (χ1) is 5.02. The number of rotatable bonds is 0. The second-order valence-corrected chi connectivity index (χ2v) is 2.08. The summed E-state index contributed by atoms with van der Waals surface area (Å²) in [5.74, 6) is -0.630. The Morgan fingerprint density at radius 1 is 1.36 bits per heavy atom. The van der Waals surface area contributed by atoms with Gasteiger partial charge in [0.1, 0.15) is 0 Å². The molecule has 0 atom stereocenters. The molecule has 3 amide bonds. The number of carbonyl (C=O) groups excluding carboxylic acids is 3. The van der Waals surface area contributed by atoms with Crippen molar-refractivity contribution < 1.29 is 14.4 Å². The van der Waals surface area contributed by atoms with Gasteiger partial charge in [0, 0.05) is 19.8 Å². The summed E-state index contributed by atoms with van der Waals surface area (Å²) in [5.41, 5.74) is 4.47. The zero-order valence-corrected chi connectivity index (χ0v) is 6.22. The van der Waals surface area contributed by atoms with E-state index in [1.165, 1.54) is 6.92 Å². The largest absolute Gasteiger partial charge is 0.370 e. The fourth-order valence-corrected chi connectivity index (χ4v) is 0.508. The van der Waals surface area contributed by atoms with Gasteiger partial charge in [-0.05, 0) is 0 Å². The van der Waals surface area contributed by atoms with E-state index in [4.69, 9.17) is 0 Å². The van der Waals surface area contributed by atoms with Crippen molar-refractivity contribution in [3.8, 4) is 0 Å². The number of carbonyl (C=O) groups is 3. The number of hydrogen-bond donors (Lipinski definition) is 2. The van der Waals surface area contributed by atoms with Gasteiger partial charge in [0.2, 0.25) is 17.7 Å². The molecule has 1 aliphatic rings. The molecule has 0 saturated carbocycles. The maximum absolute atomic E-state index is 10.1. The fourth-order valence-electron chi connectivity index (χ4n) is 0.508. The molecule has 0 bridgehead atoms. The van der Waals surface area contributed by atoms with Crippen LogP contribution < -0.4 is 11.1 Å². The van der Waals surface area contributed by atoms with Crippen molar-refractivity contribution in [3.63, 3.8) is 0 Å². The van der Waals surface area contributed by atoms with Crippen molar-refractivity contribution in [2.45, 2.75) is 19.8 Å².